The third kappa shape index (κ3) is 2.20. The topological polar surface area (TPSA) is 79.1 Å². The third-order valence-corrected chi connectivity index (χ3v) is 3.25. The molecule has 0 saturated heterocycles. The predicted molar refractivity (Wildman–Crippen MR) is 70.0 cm³/mol. The van der Waals surface area contributed by atoms with Crippen molar-refractivity contribution < 1.29 is 14.3 Å². The van der Waals surface area contributed by atoms with Crippen LogP contribution in [0.25, 0.3) is 11.2 Å². The van der Waals surface area contributed by atoms with E-state index in [1.165, 1.54) is 13.3 Å². The largest absolute Gasteiger partial charge is 0.497 e. The fourth-order valence-corrected chi connectivity index (χ4v) is 2.39. The first-order valence-electron chi connectivity index (χ1n) is 5.95. The van der Waals surface area contributed by atoms with Crippen LogP contribution in [0.2, 0.25) is 5.15 Å². The number of halogens is 1. The number of hydrogen-bond donors (Lipinski definition) is 0. The van der Waals surface area contributed by atoms with Crippen molar-refractivity contribution in [3.05, 3.63) is 30.1 Å². The smallest absolute Gasteiger partial charge is 0.303 e. The molecule has 2 aromatic rings. The molecule has 2 aromatic heterocycles. The summed E-state index contributed by atoms with van der Waals surface area (Å²) in [5.74, 6) is -0.370. The molecule has 0 N–H and O–H groups in total. The van der Waals surface area contributed by atoms with Crippen molar-refractivity contribution in [2.24, 2.45) is 0 Å². The number of carbonyl (C=O) groups is 1. The van der Waals surface area contributed by atoms with Crippen LogP contribution in [0.4, 0.5) is 0 Å². The first-order chi connectivity index (χ1) is 9.66. The van der Waals surface area contributed by atoms with Crippen LogP contribution in [0.15, 0.2) is 25.0 Å². The zero-order valence-corrected chi connectivity index (χ0v) is 11.3. The van der Waals surface area contributed by atoms with Gasteiger partial charge in [0.2, 0.25) is 0 Å². The van der Waals surface area contributed by atoms with Gasteiger partial charge in [-0.05, 0) is 6.08 Å². The molecule has 0 aromatic carbocycles. The van der Waals surface area contributed by atoms with Crippen molar-refractivity contribution >= 4 is 28.7 Å². The molecule has 104 valence electrons. The fraction of sp³-hybridized carbons (Fsp3) is 0.333. The number of nitrogens with zero attached hydrogens (tertiary/aromatic N) is 4. The Labute approximate surface area is 119 Å². The zero-order chi connectivity index (χ0) is 14.1. The molecular weight excluding hydrogens is 284 g/mol. The molecule has 20 heavy (non-hydrogen) atoms. The van der Waals surface area contributed by atoms with Gasteiger partial charge < -0.3 is 14.0 Å². The van der Waals surface area contributed by atoms with E-state index < -0.39 is 6.10 Å². The molecule has 0 bridgehead atoms. The van der Waals surface area contributed by atoms with Crippen molar-refractivity contribution in [1.82, 2.24) is 19.5 Å². The summed E-state index contributed by atoms with van der Waals surface area (Å²) in [4.78, 5) is 23.4. The minimum Gasteiger partial charge on any atom is -0.497 e. The van der Waals surface area contributed by atoms with Crippen molar-refractivity contribution in [3.63, 3.8) is 0 Å². The minimum absolute atomic E-state index is 0.263. The van der Waals surface area contributed by atoms with E-state index in [2.05, 4.69) is 15.0 Å². The second kappa shape index (κ2) is 5.09. The van der Waals surface area contributed by atoms with Crippen LogP contribution in [0.3, 0.4) is 0 Å². The van der Waals surface area contributed by atoms with Gasteiger partial charge in [-0.15, -0.1) is 0 Å². The molecule has 0 aliphatic carbocycles. The van der Waals surface area contributed by atoms with Gasteiger partial charge in [0.25, 0.3) is 0 Å². The van der Waals surface area contributed by atoms with E-state index in [0.29, 0.717) is 16.3 Å². The van der Waals surface area contributed by atoms with E-state index in [9.17, 15) is 4.79 Å². The Balaban J connectivity index is 2.06. The highest BCUT2D eigenvalue weighted by Gasteiger charge is 2.29. The maximum Gasteiger partial charge on any atom is 0.303 e. The van der Waals surface area contributed by atoms with Gasteiger partial charge in [-0.3, -0.25) is 4.79 Å². The number of esters is 1. The van der Waals surface area contributed by atoms with Crippen LogP contribution >= 0.6 is 11.6 Å². The van der Waals surface area contributed by atoms with Crippen LogP contribution < -0.4 is 0 Å². The van der Waals surface area contributed by atoms with Crippen molar-refractivity contribution in [2.75, 3.05) is 6.61 Å². The molecule has 0 amide bonds. The lowest BCUT2D eigenvalue weighted by molar-refractivity contribution is -0.151. The standard InChI is InChI=1S/C12H11ClN4O3/c1-7(18)20-9-4-19-3-2-8(9)17-6-16-12-10(17)11(13)14-5-15-12/h2-3,5-6,8-9H,4H2,1H3. The average Bonchev–Trinajstić information content (AvgIpc) is 2.84. The second-order valence-electron chi connectivity index (χ2n) is 4.29. The second-order valence-corrected chi connectivity index (χ2v) is 4.65. The van der Waals surface area contributed by atoms with Gasteiger partial charge in [0.1, 0.15) is 18.5 Å². The van der Waals surface area contributed by atoms with Crippen LogP contribution in [0.5, 0.6) is 0 Å². The van der Waals surface area contributed by atoms with E-state index in [1.54, 1.807) is 23.2 Å². The summed E-state index contributed by atoms with van der Waals surface area (Å²) in [5.41, 5.74) is 1.09. The molecule has 7 nitrogen and oxygen atoms in total. The van der Waals surface area contributed by atoms with Crippen LogP contribution in [0, 0.1) is 0 Å². The zero-order valence-electron chi connectivity index (χ0n) is 10.6. The van der Waals surface area contributed by atoms with Crippen molar-refractivity contribution in [3.8, 4) is 0 Å². The summed E-state index contributed by atoms with van der Waals surface area (Å²) >= 11 is 6.10. The monoisotopic (exact) mass is 294 g/mol. The first-order valence-corrected chi connectivity index (χ1v) is 6.33. The Morgan fingerprint density at radius 2 is 2.35 bits per heavy atom. The maximum atomic E-state index is 11.2. The molecule has 1 aliphatic rings. The quantitative estimate of drug-likeness (QED) is 0.617. The molecule has 2 unspecified atom stereocenters. The van der Waals surface area contributed by atoms with Crippen molar-refractivity contribution in [2.45, 2.75) is 19.1 Å². The lowest BCUT2D eigenvalue weighted by Gasteiger charge is -2.28. The molecule has 0 spiro atoms. The van der Waals surface area contributed by atoms with E-state index in [4.69, 9.17) is 21.1 Å². The highest BCUT2D eigenvalue weighted by atomic mass is 35.5. The molecule has 8 heteroatoms. The van der Waals surface area contributed by atoms with Crippen molar-refractivity contribution in [1.29, 1.82) is 0 Å². The number of ether oxygens (including phenoxy) is 2. The third-order valence-electron chi connectivity index (χ3n) is 2.97. The Morgan fingerprint density at radius 1 is 1.50 bits per heavy atom. The number of imidazole rings is 1. The van der Waals surface area contributed by atoms with Crippen LogP contribution in [-0.4, -0.2) is 38.2 Å². The van der Waals surface area contributed by atoms with Crippen LogP contribution in [-0.2, 0) is 14.3 Å². The summed E-state index contributed by atoms with van der Waals surface area (Å²) < 4.78 is 12.2. The fourth-order valence-electron chi connectivity index (χ4n) is 2.16. The van der Waals surface area contributed by atoms with E-state index in [0.717, 1.165) is 0 Å². The van der Waals surface area contributed by atoms with E-state index in [-0.39, 0.29) is 18.6 Å². The van der Waals surface area contributed by atoms with Gasteiger partial charge in [-0.2, -0.15) is 0 Å². The highest BCUT2D eigenvalue weighted by molar-refractivity contribution is 6.33. The van der Waals surface area contributed by atoms with Gasteiger partial charge in [-0.1, -0.05) is 11.6 Å². The van der Waals surface area contributed by atoms with Gasteiger partial charge in [0.15, 0.2) is 16.9 Å². The molecule has 2 atom stereocenters. The Hall–Kier alpha value is -2.15. The molecule has 0 radical (unpaired) electrons. The lowest BCUT2D eigenvalue weighted by atomic mass is 10.1. The molecule has 0 fully saturated rings. The number of rotatable bonds is 2. The summed E-state index contributed by atoms with van der Waals surface area (Å²) in [6.45, 7) is 1.63. The van der Waals surface area contributed by atoms with E-state index in [1.807, 2.05) is 0 Å². The summed E-state index contributed by atoms with van der Waals surface area (Å²) in [7, 11) is 0. The average molecular weight is 295 g/mol. The maximum absolute atomic E-state index is 11.2. The van der Waals surface area contributed by atoms with Crippen LogP contribution in [0.1, 0.15) is 13.0 Å². The number of fused-ring (bicyclic) bond motifs is 1. The van der Waals surface area contributed by atoms with Gasteiger partial charge in [-0.25, -0.2) is 15.0 Å². The lowest BCUT2D eigenvalue weighted by Crippen LogP contribution is -2.33. The molecule has 3 heterocycles. The Kier molecular flexibility index (Phi) is 3.27. The Morgan fingerprint density at radius 3 is 3.15 bits per heavy atom. The summed E-state index contributed by atoms with van der Waals surface area (Å²) in [5, 5.41) is 0.300. The molecule has 0 saturated carbocycles. The minimum atomic E-state index is -0.453. The number of aromatic nitrogens is 4. The van der Waals surface area contributed by atoms with E-state index >= 15 is 0 Å². The number of hydrogen-bond acceptors (Lipinski definition) is 6. The predicted octanol–water partition coefficient (Wildman–Crippen LogP) is 1.50. The van der Waals surface area contributed by atoms with Gasteiger partial charge in [0, 0.05) is 6.92 Å². The van der Waals surface area contributed by atoms with Gasteiger partial charge >= 0.3 is 5.97 Å². The summed E-state index contributed by atoms with van der Waals surface area (Å²) in [6, 6.07) is -0.263. The summed E-state index contributed by atoms with van der Waals surface area (Å²) in [6.07, 6.45) is 5.84. The Bertz CT molecular complexity index is 684. The van der Waals surface area contributed by atoms with Gasteiger partial charge in [0.05, 0.1) is 18.6 Å². The SMILES string of the molecule is CC(=O)OC1COC=CC1n1cnc2ncnc(Cl)c21. The number of carbonyl (C=O) groups excluding carboxylic acids is 1. The molecular formula is C12H11ClN4O3. The normalized spacial score (nSPS) is 21.7. The molecule has 1 aliphatic heterocycles. The first kappa shape index (κ1) is 12.9. The highest BCUT2D eigenvalue weighted by Crippen LogP contribution is 2.28. The molecule has 3 rings (SSSR count).